The maximum absolute atomic E-state index is 4.93. The van der Waals surface area contributed by atoms with E-state index in [0.29, 0.717) is 11.8 Å². The van der Waals surface area contributed by atoms with E-state index >= 15 is 0 Å². The second kappa shape index (κ2) is 25.5. The van der Waals surface area contributed by atoms with Crippen molar-refractivity contribution in [2.75, 3.05) is 0 Å². The van der Waals surface area contributed by atoms with E-state index in [-0.39, 0.29) is 0 Å². The van der Waals surface area contributed by atoms with E-state index < -0.39 is 20.8 Å². The molecule has 0 aliphatic heterocycles. The predicted octanol–water partition coefficient (Wildman–Crippen LogP) is 18.9. The summed E-state index contributed by atoms with van der Waals surface area (Å²) in [6.45, 7) is 18.1. The van der Waals surface area contributed by atoms with Gasteiger partial charge < -0.3 is 0 Å². The molecule has 0 nitrogen and oxygen atoms in total. The van der Waals surface area contributed by atoms with Crippen molar-refractivity contribution in [3.8, 4) is 44.5 Å². The molecule has 0 amide bonds. The summed E-state index contributed by atoms with van der Waals surface area (Å²) >= 11 is -0.826. The Labute approximate surface area is 395 Å². The zero-order valence-electron chi connectivity index (χ0n) is 38.2. The van der Waals surface area contributed by atoms with Gasteiger partial charge in [-0.25, -0.2) is 0 Å². The van der Waals surface area contributed by atoms with Crippen LogP contribution in [-0.4, -0.2) is 9.52 Å². The molecule has 2 radical (unpaired) electrons. The third-order valence-corrected chi connectivity index (χ3v) is 12.0. The van der Waals surface area contributed by atoms with Crippen molar-refractivity contribution in [3.63, 3.8) is 0 Å². The fourth-order valence-corrected chi connectivity index (χ4v) is 8.47. The first-order chi connectivity index (χ1) is 30.3. The van der Waals surface area contributed by atoms with Crippen LogP contribution in [0.1, 0.15) is 101 Å². The molecule has 0 N–H and O–H groups in total. The summed E-state index contributed by atoms with van der Waals surface area (Å²) < 4.78 is 0. The van der Waals surface area contributed by atoms with Gasteiger partial charge in [-0.15, -0.1) is 69.1 Å². The molecule has 2 unspecified atom stereocenters. The molecule has 0 saturated carbocycles. The Morgan fingerprint density at radius 2 is 0.806 bits per heavy atom. The Morgan fingerprint density at radius 1 is 0.484 bits per heavy atom. The van der Waals surface area contributed by atoms with Crippen molar-refractivity contribution < 1.29 is 20.8 Å². The third kappa shape index (κ3) is 12.3. The number of halogens is 2. The van der Waals surface area contributed by atoms with Gasteiger partial charge in [0.1, 0.15) is 0 Å². The van der Waals surface area contributed by atoms with E-state index in [1.165, 1.54) is 101 Å². The van der Waals surface area contributed by atoms with E-state index in [9.17, 15) is 0 Å². The van der Waals surface area contributed by atoms with Crippen LogP contribution in [0, 0.1) is 0 Å². The Kier molecular flexibility index (Phi) is 20.2. The number of fused-ring (bicyclic) bond motifs is 2. The molecule has 0 heterocycles. The summed E-state index contributed by atoms with van der Waals surface area (Å²) in [5.41, 5.74) is 16.6. The van der Waals surface area contributed by atoms with Crippen LogP contribution in [0.3, 0.4) is 0 Å². The SMILES string of the molecule is CCCc1ccc2[cH-]c(C(C)CC)cc2c1-c1ccccc1-c1ccccc1.CCCc1ccc2[cH-]c(C(C)CC)cc2c1-c1ccccc1-c1ccccc1.C[Si]C.[Cl][Zr+2][Cl]. The van der Waals surface area contributed by atoms with Crippen molar-refractivity contribution in [1.29, 1.82) is 0 Å². The summed E-state index contributed by atoms with van der Waals surface area (Å²) in [5, 5.41) is 5.55. The van der Waals surface area contributed by atoms with Crippen LogP contribution in [0.25, 0.3) is 66.1 Å². The van der Waals surface area contributed by atoms with E-state index in [2.05, 4.69) is 212 Å². The van der Waals surface area contributed by atoms with Crippen molar-refractivity contribution in [1.82, 2.24) is 0 Å². The van der Waals surface area contributed by atoms with Crippen molar-refractivity contribution >= 4 is 48.1 Å². The first-order valence-electron chi connectivity index (χ1n) is 22.6. The average Bonchev–Trinajstić information content (AvgIpc) is 3.96. The Bertz CT molecular complexity index is 2370. The molecule has 0 saturated heterocycles. The molecule has 8 aromatic carbocycles. The maximum atomic E-state index is 4.93. The van der Waals surface area contributed by atoms with Gasteiger partial charge in [-0.2, -0.15) is 12.1 Å². The first kappa shape index (κ1) is 49.2. The number of benzene rings is 6. The van der Waals surface area contributed by atoms with E-state index in [1.807, 2.05) is 0 Å². The minimum atomic E-state index is -0.826. The van der Waals surface area contributed by atoms with Crippen molar-refractivity contribution in [2.45, 2.75) is 105 Å². The predicted molar refractivity (Wildman–Crippen MR) is 275 cm³/mol. The van der Waals surface area contributed by atoms with Crippen molar-refractivity contribution in [3.05, 3.63) is 180 Å². The molecule has 2 atom stereocenters. The summed E-state index contributed by atoms with van der Waals surface area (Å²) in [6, 6.07) is 58.4. The Morgan fingerprint density at radius 3 is 1.13 bits per heavy atom. The number of hydrogen-bond acceptors (Lipinski definition) is 0. The van der Waals surface area contributed by atoms with Crippen LogP contribution in [0.4, 0.5) is 0 Å². The molecule has 62 heavy (non-hydrogen) atoms. The molecule has 0 bridgehead atoms. The van der Waals surface area contributed by atoms with Crippen LogP contribution in [0.2, 0.25) is 13.1 Å². The van der Waals surface area contributed by atoms with Gasteiger partial charge in [0.05, 0.1) is 0 Å². The van der Waals surface area contributed by atoms with E-state index in [0.717, 1.165) is 35.2 Å². The molecule has 0 aliphatic carbocycles. The number of aryl methyl sites for hydroxylation is 2. The fraction of sp³-hybridized carbons (Fsp3) is 0.276. The topological polar surface area (TPSA) is 0 Å². The summed E-state index contributed by atoms with van der Waals surface area (Å²) in [6.07, 6.45) is 6.88. The standard InChI is InChI=1S/2C28H29.C2H6Si.2ClH.Zr/c2*1-4-11-22-16-17-23-18-24(20(3)5-2)19-27(23)28(22)26-15-10-9-14-25(26)21-12-7-6-8-13-21;1-3-2;;;/h2*6-10,12-20H,4-5,11H2,1-3H3;1-2H3;2*1H;/q2*-1;;;;+4/p-2. The second-order valence-electron chi connectivity index (χ2n) is 16.3. The van der Waals surface area contributed by atoms with Gasteiger partial charge in [0.2, 0.25) is 0 Å². The van der Waals surface area contributed by atoms with Gasteiger partial charge in [0.15, 0.2) is 0 Å². The van der Waals surface area contributed by atoms with Crippen LogP contribution >= 0.6 is 17.0 Å². The van der Waals surface area contributed by atoms with Gasteiger partial charge in [0, 0.05) is 9.52 Å². The van der Waals surface area contributed by atoms with Gasteiger partial charge in [0.25, 0.3) is 0 Å². The molecule has 0 fully saturated rings. The number of rotatable bonds is 12. The van der Waals surface area contributed by atoms with Gasteiger partial charge in [-0.05, 0) is 58.1 Å². The first-order valence-corrected chi connectivity index (χ1v) is 30.9. The monoisotopic (exact) mass is 948 g/mol. The summed E-state index contributed by atoms with van der Waals surface area (Å²) in [4.78, 5) is 0. The summed E-state index contributed by atoms with van der Waals surface area (Å²) in [5.74, 6) is 1.19. The van der Waals surface area contributed by atoms with Gasteiger partial charge >= 0.3 is 37.9 Å². The normalized spacial score (nSPS) is 11.6. The summed E-state index contributed by atoms with van der Waals surface area (Å²) in [7, 11) is 11.0. The van der Waals surface area contributed by atoms with E-state index in [1.54, 1.807) is 0 Å². The van der Waals surface area contributed by atoms with Crippen LogP contribution in [-0.2, 0) is 33.7 Å². The molecule has 0 spiro atoms. The van der Waals surface area contributed by atoms with Gasteiger partial charge in [-0.3, -0.25) is 0 Å². The Hall–Kier alpha value is -3.78. The molecule has 0 aliphatic rings. The van der Waals surface area contributed by atoms with Crippen LogP contribution in [0.15, 0.2) is 158 Å². The minimum absolute atomic E-state index is 0.597. The zero-order chi connectivity index (χ0) is 44.4. The van der Waals surface area contributed by atoms with Crippen LogP contribution in [0.5, 0.6) is 0 Å². The molecule has 8 aromatic rings. The molecule has 318 valence electrons. The molecule has 0 aromatic heterocycles. The van der Waals surface area contributed by atoms with Gasteiger partial charge in [-0.1, -0.05) is 212 Å². The second-order valence-corrected chi connectivity index (χ2v) is 21.0. The van der Waals surface area contributed by atoms with Crippen molar-refractivity contribution in [2.24, 2.45) is 0 Å². The average molecular weight is 951 g/mol. The fourth-order valence-electron chi connectivity index (χ4n) is 8.47. The quantitative estimate of drug-likeness (QED) is 0.0846. The third-order valence-electron chi connectivity index (χ3n) is 12.0. The van der Waals surface area contributed by atoms with E-state index in [4.69, 9.17) is 17.0 Å². The van der Waals surface area contributed by atoms with Crippen LogP contribution < -0.4 is 0 Å². The molecule has 4 heteroatoms. The molecular formula is C58H64Cl2SiZr. The molecule has 8 rings (SSSR count). The number of hydrogen-bond donors (Lipinski definition) is 0. The Balaban J connectivity index is 0.000000208. The molecular weight excluding hydrogens is 887 g/mol. The zero-order valence-corrected chi connectivity index (χ0v) is 43.1.